The monoisotopic (exact) mass is 148 g/mol. The summed E-state index contributed by atoms with van der Waals surface area (Å²) in [7, 11) is 0. The Bertz CT molecular complexity index is 202. The fourth-order valence-corrected chi connectivity index (χ4v) is 0.516. The highest BCUT2D eigenvalue weighted by Gasteiger charge is 1.76. The molecule has 0 spiro atoms. The Morgan fingerprint density at radius 3 is 2.27 bits per heavy atom. The van der Waals surface area contributed by atoms with Crippen LogP contribution in [0.1, 0.15) is 20.8 Å². The molecule has 0 aromatic heterocycles. The lowest BCUT2D eigenvalue weighted by Crippen LogP contribution is -1.65. The average Bonchev–Trinajstić information content (AvgIpc) is 2.04. The number of allylic oxidation sites excluding steroid dienone is 7. The molecule has 0 bridgehead atoms. The molecule has 0 saturated heterocycles. The number of rotatable bonds is 3. The summed E-state index contributed by atoms with van der Waals surface area (Å²) < 4.78 is 0. The molecule has 0 heteroatoms. The summed E-state index contributed by atoms with van der Waals surface area (Å²) >= 11 is 0. The van der Waals surface area contributed by atoms with E-state index in [1.165, 1.54) is 11.1 Å². The molecule has 0 nitrogen and oxygen atoms in total. The minimum absolute atomic E-state index is 1.19. The summed E-state index contributed by atoms with van der Waals surface area (Å²) in [5, 5.41) is 0. The summed E-state index contributed by atoms with van der Waals surface area (Å²) in [6.45, 7) is 9.80. The molecule has 0 aliphatic heterocycles. The van der Waals surface area contributed by atoms with Crippen molar-refractivity contribution >= 4 is 0 Å². The fraction of sp³-hybridized carbons (Fsp3) is 0.273. The zero-order valence-corrected chi connectivity index (χ0v) is 7.59. The van der Waals surface area contributed by atoms with Gasteiger partial charge in [0.1, 0.15) is 0 Å². The summed E-state index contributed by atoms with van der Waals surface area (Å²) in [5.41, 5.74) is 2.46. The molecule has 0 rings (SSSR count). The molecule has 11 heavy (non-hydrogen) atoms. The van der Waals surface area contributed by atoms with Crippen molar-refractivity contribution in [3.8, 4) is 0 Å². The largest absolute Gasteiger partial charge is 0.0988 e. The molecule has 0 aliphatic rings. The lowest BCUT2D eigenvalue weighted by molar-refractivity contribution is 1.47. The minimum atomic E-state index is 1.19. The summed E-state index contributed by atoms with van der Waals surface area (Å²) in [5.74, 6) is 0. The van der Waals surface area contributed by atoms with Crippen LogP contribution in [0.5, 0.6) is 0 Å². The van der Waals surface area contributed by atoms with E-state index in [4.69, 9.17) is 0 Å². The molecule has 0 aromatic carbocycles. The van der Waals surface area contributed by atoms with Gasteiger partial charge < -0.3 is 0 Å². The van der Waals surface area contributed by atoms with E-state index >= 15 is 0 Å². The van der Waals surface area contributed by atoms with Crippen molar-refractivity contribution in [3.05, 3.63) is 48.1 Å². The Labute approximate surface area is 69.6 Å². The van der Waals surface area contributed by atoms with E-state index < -0.39 is 0 Å². The molecule has 0 fully saturated rings. The SMILES string of the molecule is C=C/C(C)=C/C=C/C(C)=C/C. The van der Waals surface area contributed by atoms with E-state index in [0.717, 1.165) is 0 Å². The van der Waals surface area contributed by atoms with Crippen molar-refractivity contribution in [2.45, 2.75) is 20.8 Å². The highest BCUT2D eigenvalue weighted by molar-refractivity contribution is 5.24. The van der Waals surface area contributed by atoms with Crippen LogP contribution in [0, 0.1) is 0 Å². The van der Waals surface area contributed by atoms with Crippen LogP contribution in [-0.2, 0) is 0 Å². The van der Waals surface area contributed by atoms with Crippen LogP contribution >= 0.6 is 0 Å². The van der Waals surface area contributed by atoms with E-state index in [-0.39, 0.29) is 0 Å². The van der Waals surface area contributed by atoms with Gasteiger partial charge in [0.05, 0.1) is 0 Å². The number of hydrogen-bond acceptors (Lipinski definition) is 0. The van der Waals surface area contributed by atoms with Crippen LogP contribution in [0.15, 0.2) is 48.1 Å². The Balaban J connectivity index is 4.06. The molecule has 0 radical (unpaired) electrons. The van der Waals surface area contributed by atoms with Crippen LogP contribution < -0.4 is 0 Å². The van der Waals surface area contributed by atoms with E-state index in [0.29, 0.717) is 0 Å². The maximum Gasteiger partial charge on any atom is -0.0398 e. The molecule has 0 aliphatic carbocycles. The molecule has 60 valence electrons. The van der Waals surface area contributed by atoms with Gasteiger partial charge >= 0.3 is 0 Å². The third kappa shape index (κ3) is 5.41. The van der Waals surface area contributed by atoms with Gasteiger partial charge in [0, 0.05) is 0 Å². The van der Waals surface area contributed by atoms with Gasteiger partial charge in [0.15, 0.2) is 0 Å². The molecular formula is C11H16. The molecule has 0 aromatic rings. The van der Waals surface area contributed by atoms with E-state index in [2.05, 4.69) is 25.7 Å². The van der Waals surface area contributed by atoms with Gasteiger partial charge in [-0.25, -0.2) is 0 Å². The Morgan fingerprint density at radius 2 is 1.82 bits per heavy atom. The lowest BCUT2D eigenvalue weighted by Gasteiger charge is -1.86. The van der Waals surface area contributed by atoms with Gasteiger partial charge in [-0.2, -0.15) is 0 Å². The smallest absolute Gasteiger partial charge is 0.0398 e. The van der Waals surface area contributed by atoms with Gasteiger partial charge in [-0.3, -0.25) is 0 Å². The van der Waals surface area contributed by atoms with E-state index in [9.17, 15) is 0 Å². The summed E-state index contributed by atoms with van der Waals surface area (Å²) in [6.07, 6.45) is 10.1. The first-order valence-electron chi connectivity index (χ1n) is 3.81. The lowest BCUT2D eigenvalue weighted by atomic mass is 10.2. The van der Waals surface area contributed by atoms with Gasteiger partial charge in [0.25, 0.3) is 0 Å². The van der Waals surface area contributed by atoms with Crippen LogP contribution in [0.25, 0.3) is 0 Å². The van der Waals surface area contributed by atoms with Crippen molar-refractivity contribution in [2.75, 3.05) is 0 Å². The molecule has 0 unspecified atom stereocenters. The highest BCUT2D eigenvalue weighted by atomic mass is 13.8. The first-order valence-corrected chi connectivity index (χ1v) is 3.81. The van der Waals surface area contributed by atoms with Gasteiger partial charge in [-0.1, -0.05) is 48.1 Å². The Kier molecular flexibility index (Phi) is 5.18. The standard InChI is InChI=1S/C11H16/c1-5-10(3)8-7-9-11(4)6-2/h5-9H,1H2,2-4H3/b9-7+,10-8+,11-6+. The second-order valence-electron chi connectivity index (χ2n) is 2.51. The third-order valence-electron chi connectivity index (χ3n) is 1.50. The topological polar surface area (TPSA) is 0 Å². The molecule has 0 amide bonds. The Morgan fingerprint density at radius 1 is 1.18 bits per heavy atom. The summed E-state index contributed by atoms with van der Waals surface area (Å²) in [6, 6.07) is 0. The second-order valence-corrected chi connectivity index (χ2v) is 2.51. The van der Waals surface area contributed by atoms with E-state index in [1.807, 2.05) is 32.1 Å². The van der Waals surface area contributed by atoms with E-state index in [1.54, 1.807) is 0 Å². The quantitative estimate of drug-likeness (QED) is 0.536. The van der Waals surface area contributed by atoms with Crippen molar-refractivity contribution in [3.63, 3.8) is 0 Å². The van der Waals surface area contributed by atoms with Crippen LogP contribution in [0.2, 0.25) is 0 Å². The normalized spacial score (nSPS) is 14.1. The predicted octanol–water partition coefficient (Wildman–Crippen LogP) is 3.64. The fourth-order valence-electron chi connectivity index (χ4n) is 0.516. The van der Waals surface area contributed by atoms with Gasteiger partial charge in [-0.05, 0) is 20.8 Å². The maximum atomic E-state index is 3.66. The first kappa shape index (κ1) is 9.96. The number of hydrogen-bond donors (Lipinski definition) is 0. The molecule has 0 N–H and O–H groups in total. The maximum absolute atomic E-state index is 3.66. The van der Waals surface area contributed by atoms with Crippen molar-refractivity contribution in [1.82, 2.24) is 0 Å². The van der Waals surface area contributed by atoms with Crippen LogP contribution in [0.4, 0.5) is 0 Å². The molecule has 0 saturated carbocycles. The highest BCUT2D eigenvalue weighted by Crippen LogP contribution is 1.97. The van der Waals surface area contributed by atoms with Crippen LogP contribution in [-0.4, -0.2) is 0 Å². The Hall–Kier alpha value is -1.04. The zero-order chi connectivity index (χ0) is 8.69. The summed E-state index contributed by atoms with van der Waals surface area (Å²) in [4.78, 5) is 0. The average molecular weight is 148 g/mol. The van der Waals surface area contributed by atoms with Crippen molar-refractivity contribution in [1.29, 1.82) is 0 Å². The molecule has 0 heterocycles. The van der Waals surface area contributed by atoms with Crippen LogP contribution in [0.3, 0.4) is 0 Å². The zero-order valence-electron chi connectivity index (χ0n) is 7.59. The van der Waals surface area contributed by atoms with Gasteiger partial charge in [-0.15, -0.1) is 0 Å². The first-order chi connectivity index (χ1) is 5.20. The third-order valence-corrected chi connectivity index (χ3v) is 1.50. The van der Waals surface area contributed by atoms with Crippen molar-refractivity contribution in [2.24, 2.45) is 0 Å². The molecule has 0 atom stereocenters. The minimum Gasteiger partial charge on any atom is -0.0988 e. The predicted molar refractivity (Wildman–Crippen MR) is 52.5 cm³/mol. The molecular weight excluding hydrogens is 132 g/mol. The van der Waals surface area contributed by atoms with Crippen molar-refractivity contribution < 1.29 is 0 Å². The van der Waals surface area contributed by atoms with Gasteiger partial charge in [0.2, 0.25) is 0 Å². The second kappa shape index (κ2) is 5.72.